The molecule has 0 saturated carbocycles. The van der Waals surface area contributed by atoms with Crippen molar-refractivity contribution in [3.63, 3.8) is 0 Å². The van der Waals surface area contributed by atoms with E-state index in [9.17, 15) is 19.7 Å². The number of nitro benzene ring substituents is 1. The number of hydrogen-bond donors (Lipinski definition) is 1. The molecule has 0 atom stereocenters. The molecule has 0 aliphatic rings. The second-order valence-electron chi connectivity index (χ2n) is 5.70. The number of anilines is 1. The molecule has 7 heteroatoms. The topological polar surface area (TPSA) is 102 Å². The van der Waals surface area contributed by atoms with E-state index in [2.05, 4.69) is 5.32 Å². The number of carbonyl (C=O) groups excluding carboxylic acids is 1. The fourth-order valence-corrected chi connectivity index (χ4v) is 2.44. The summed E-state index contributed by atoms with van der Waals surface area (Å²) in [5, 5.41) is 13.9. The summed E-state index contributed by atoms with van der Waals surface area (Å²) < 4.78 is 5.10. The Hall–Kier alpha value is -3.48. The van der Waals surface area contributed by atoms with Gasteiger partial charge < -0.3 is 9.73 Å². The van der Waals surface area contributed by atoms with Crippen molar-refractivity contribution in [3.05, 3.63) is 79.7 Å². The summed E-state index contributed by atoms with van der Waals surface area (Å²) in [6.45, 7) is 3.72. The van der Waals surface area contributed by atoms with E-state index >= 15 is 0 Å². The van der Waals surface area contributed by atoms with Crippen LogP contribution in [0.2, 0.25) is 0 Å². The lowest BCUT2D eigenvalue weighted by molar-refractivity contribution is -0.384. The quantitative estimate of drug-likeness (QED) is 0.447. The number of nitro groups is 1. The molecule has 0 saturated heterocycles. The number of hydrogen-bond acceptors (Lipinski definition) is 5. The van der Waals surface area contributed by atoms with Crippen LogP contribution in [-0.2, 0) is 0 Å². The van der Waals surface area contributed by atoms with E-state index in [1.165, 1.54) is 24.3 Å². The van der Waals surface area contributed by atoms with Crippen molar-refractivity contribution in [1.29, 1.82) is 0 Å². The maximum Gasteiger partial charge on any atom is 0.349 e. The predicted molar refractivity (Wildman–Crippen MR) is 93.0 cm³/mol. The van der Waals surface area contributed by atoms with Crippen LogP contribution in [0.4, 0.5) is 11.4 Å². The van der Waals surface area contributed by atoms with E-state index in [1.54, 1.807) is 6.07 Å². The van der Waals surface area contributed by atoms with Crippen LogP contribution in [0.5, 0.6) is 0 Å². The van der Waals surface area contributed by atoms with Crippen LogP contribution >= 0.6 is 0 Å². The number of non-ortho nitro benzene ring substituents is 1. The Morgan fingerprint density at radius 2 is 1.88 bits per heavy atom. The summed E-state index contributed by atoms with van der Waals surface area (Å²) in [6, 6.07) is 10.7. The molecule has 1 aromatic heterocycles. The van der Waals surface area contributed by atoms with Crippen LogP contribution in [0, 0.1) is 24.0 Å². The van der Waals surface area contributed by atoms with Gasteiger partial charge in [-0.3, -0.25) is 14.9 Å². The second kappa shape index (κ2) is 6.20. The van der Waals surface area contributed by atoms with Gasteiger partial charge in [0.15, 0.2) is 0 Å². The SMILES string of the molecule is Cc1ccc(C)c(NC(=O)c2cc3cc([N+](=O)[O-])ccc3oc2=O)c1. The molecule has 0 fully saturated rings. The van der Waals surface area contributed by atoms with Gasteiger partial charge in [0.05, 0.1) is 4.92 Å². The van der Waals surface area contributed by atoms with Crippen molar-refractivity contribution in [2.75, 3.05) is 5.32 Å². The van der Waals surface area contributed by atoms with E-state index in [0.29, 0.717) is 11.1 Å². The fraction of sp³-hybridized carbons (Fsp3) is 0.111. The Balaban J connectivity index is 2.03. The largest absolute Gasteiger partial charge is 0.422 e. The Kier molecular flexibility index (Phi) is 4.06. The molecule has 25 heavy (non-hydrogen) atoms. The highest BCUT2D eigenvalue weighted by atomic mass is 16.6. The standard InChI is InChI=1S/C18H14N2O5/c1-10-3-4-11(2)15(7-10)19-17(21)14-9-12-8-13(20(23)24)5-6-16(12)25-18(14)22/h3-9H,1-2H3,(H,19,21). The maximum atomic E-state index is 12.5. The average Bonchev–Trinajstić information content (AvgIpc) is 2.57. The monoisotopic (exact) mass is 338 g/mol. The van der Waals surface area contributed by atoms with Crippen LogP contribution in [-0.4, -0.2) is 10.8 Å². The number of carbonyl (C=O) groups is 1. The van der Waals surface area contributed by atoms with Crippen molar-refractivity contribution in [3.8, 4) is 0 Å². The second-order valence-corrected chi connectivity index (χ2v) is 5.70. The molecule has 0 spiro atoms. The van der Waals surface area contributed by atoms with Crippen LogP contribution in [0.15, 0.2) is 51.7 Å². The zero-order valence-corrected chi connectivity index (χ0v) is 13.5. The number of nitrogens with zero attached hydrogens (tertiary/aromatic N) is 1. The highest BCUT2D eigenvalue weighted by Crippen LogP contribution is 2.21. The van der Waals surface area contributed by atoms with Crippen LogP contribution in [0.3, 0.4) is 0 Å². The summed E-state index contributed by atoms with van der Waals surface area (Å²) in [6.07, 6.45) is 0. The minimum absolute atomic E-state index is 0.151. The fourth-order valence-electron chi connectivity index (χ4n) is 2.44. The molecule has 0 unspecified atom stereocenters. The Morgan fingerprint density at radius 3 is 2.60 bits per heavy atom. The first-order chi connectivity index (χ1) is 11.8. The molecule has 1 N–H and O–H groups in total. The molecule has 3 rings (SSSR count). The van der Waals surface area contributed by atoms with Crippen molar-refractivity contribution >= 4 is 28.3 Å². The van der Waals surface area contributed by atoms with Gasteiger partial charge in [-0.15, -0.1) is 0 Å². The van der Waals surface area contributed by atoms with Gasteiger partial charge in [0.25, 0.3) is 11.6 Å². The number of fused-ring (bicyclic) bond motifs is 1. The first-order valence-corrected chi connectivity index (χ1v) is 7.46. The van der Waals surface area contributed by atoms with E-state index in [1.807, 2.05) is 26.0 Å². The molecule has 126 valence electrons. The van der Waals surface area contributed by atoms with Crippen LogP contribution in [0.1, 0.15) is 21.5 Å². The zero-order valence-electron chi connectivity index (χ0n) is 13.5. The lowest BCUT2D eigenvalue weighted by atomic mass is 10.1. The van der Waals surface area contributed by atoms with E-state index in [-0.39, 0.29) is 16.8 Å². The van der Waals surface area contributed by atoms with Gasteiger partial charge in [-0.25, -0.2) is 4.79 Å². The average molecular weight is 338 g/mol. The van der Waals surface area contributed by atoms with Crippen molar-refractivity contribution in [2.24, 2.45) is 0 Å². The van der Waals surface area contributed by atoms with E-state index in [0.717, 1.165) is 11.1 Å². The minimum Gasteiger partial charge on any atom is -0.422 e. The molecule has 0 aliphatic heterocycles. The Morgan fingerprint density at radius 1 is 1.12 bits per heavy atom. The van der Waals surface area contributed by atoms with Gasteiger partial charge in [-0.1, -0.05) is 12.1 Å². The molecule has 2 aromatic carbocycles. The van der Waals surface area contributed by atoms with Gasteiger partial charge in [0.1, 0.15) is 11.1 Å². The summed E-state index contributed by atoms with van der Waals surface area (Å²) >= 11 is 0. The number of benzene rings is 2. The summed E-state index contributed by atoms with van der Waals surface area (Å²) in [5.41, 5.74) is 1.41. The van der Waals surface area contributed by atoms with Crippen LogP contribution in [0.25, 0.3) is 11.0 Å². The zero-order chi connectivity index (χ0) is 18.1. The van der Waals surface area contributed by atoms with Gasteiger partial charge >= 0.3 is 5.63 Å². The van der Waals surface area contributed by atoms with Crippen LogP contribution < -0.4 is 10.9 Å². The lowest BCUT2D eigenvalue weighted by Gasteiger charge is -2.09. The van der Waals surface area contributed by atoms with Crippen molar-refractivity contribution in [2.45, 2.75) is 13.8 Å². The molecule has 7 nitrogen and oxygen atoms in total. The first-order valence-electron chi connectivity index (χ1n) is 7.46. The number of rotatable bonds is 3. The maximum absolute atomic E-state index is 12.5. The summed E-state index contributed by atoms with van der Waals surface area (Å²) in [4.78, 5) is 34.8. The van der Waals surface area contributed by atoms with Gasteiger partial charge in [-0.2, -0.15) is 0 Å². The highest BCUT2D eigenvalue weighted by molar-refractivity contribution is 6.05. The third-order valence-corrected chi connectivity index (χ3v) is 3.81. The smallest absolute Gasteiger partial charge is 0.349 e. The van der Waals surface area contributed by atoms with Gasteiger partial charge in [0.2, 0.25) is 0 Å². The first kappa shape index (κ1) is 16.4. The predicted octanol–water partition coefficient (Wildman–Crippen LogP) is 3.57. The van der Waals surface area contributed by atoms with E-state index in [4.69, 9.17) is 4.42 Å². The molecular weight excluding hydrogens is 324 g/mol. The number of aryl methyl sites for hydroxylation is 2. The van der Waals surface area contributed by atoms with Gasteiger partial charge in [0, 0.05) is 23.2 Å². The summed E-state index contributed by atoms with van der Waals surface area (Å²) in [5.74, 6) is -0.629. The Bertz CT molecular complexity index is 1070. The highest BCUT2D eigenvalue weighted by Gasteiger charge is 2.16. The van der Waals surface area contributed by atoms with Crippen molar-refractivity contribution in [1.82, 2.24) is 0 Å². The minimum atomic E-state index is -0.802. The van der Waals surface area contributed by atoms with Gasteiger partial charge in [-0.05, 0) is 43.2 Å². The Labute approximate surface area is 142 Å². The number of amides is 1. The number of nitrogens with one attached hydrogen (secondary N) is 1. The third-order valence-electron chi connectivity index (χ3n) is 3.81. The summed E-state index contributed by atoms with van der Waals surface area (Å²) in [7, 11) is 0. The molecule has 1 amide bonds. The molecule has 0 aliphatic carbocycles. The lowest BCUT2D eigenvalue weighted by Crippen LogP contribution is -2.21. The third kappa shape index (κ3) is 3.25. The molecular formula is C18H14N2O5. The van der Waals surface area contributed by atoms with E-state index < -0.39 is 16.5 Å². The molecule has 3 aromatic rings. The normalized spacial score (nSPS) is 10.6. The molecule has 0 bridgehead atoms. The van der Waals surface area contributed by atoms with Crippen molar-refractivity contribution < 1.29 is 14.1 Å². The molecule has 1 heterocycles. The molecule has 0 radical (unpaired) electrons.